The second-order valence-corrected chi connectivity index (χ2v) is 20.2. The number of aliphatic hydroxyl groups is 1. The third-order valence-electron chi connectivity index (χ3n) is 11.4. The molecule has 0 radical (unpaired) electrons. The lowest BCUT2D eigenvalue weighted by Gasteiger charge is -2.29. The molecule has 3 unspecified atom stereocenters. The van der Waals surface area contributed by atoms with E-state index >= 15 is 0 Å². The van der Waals surface area contributed by atoms with Gasteiger partial charge < -0.3 is 28.8 Å². The molecule has 64 heavy (non-hydrogen) atoms. The molecule has 9 heteroatoms. The number of nitrogens with zero attached hydrogens (tertiary/aromatic N) is 1. The minimum atomic E-state index is -4.62. The minimum Gasteiger partial charge on any atom is -0.756 e. The number of amides is 1. The van der Waals surface area contributed by atoms with E-state index < -0.39 is 26.6 Å². The number of quaternary nitrogens is 1. The summed E-state index contributed by atoms with van der Waals surface area (Å²) >= 11 is 0. The standard InChI is InChI=1S/C55H101N2O6P/c1-6-8-10-12-14-16-18-20-22-23-24-25-26-27-28-29-30-31-32-33-35-36-38-40-42-44-46-48-54(58)53(52-63-64(60,61)62-51-50-57(3,4)5)56-55(59)49-47-45-43-41-39-37-34-21-19-17-15-13-11-9-7-2/h9,11,15,17,21,34,38-41,46,48,53-54,58H,6-8,10,12-14,16,18-20,22-33,35-37,42-45,47,49-52H2,1-5H3,(H-,56,59,60,61)/b11-9-,17-15-,34-21-,40-38+,41-39-,48-46+. The molecule has 0 fully saturated rings. The number of nitrogens with one attached hydrogen (secondary N) is 1. The van der Waals surface area contributed by atoms with E-state index in [1.807, 2.05) is 27.2 Å². The van der Waals surface area contributed by atoms with Gasteiger partial charge in [-0.15, -0.1) is 0 Å². The van der Waals surface area contributed by atoms with E-state index in [4.69, 9.17) is 9.05 Å². The monoisotopic (exact) mass is 917 g/mol. The van der Waals surface area contributed by atoms with Crippen molar-refractivity contribution in [2.45, 2.75) is 231 Å². The number of aliphatic hydroxyl groups excluding tert-OH is 1. The quantitative estimate of drug-likeness (QED) is 0.0272. The largest absolute Gasteiger partial charge is 0.756 e. The number of rotatable bonds is 47. The van der Waals surface area contributed by atoms with Crippen LogP contribution in [0.25, 0.3) is 0 Å². The van der Waals surface area contributed by atoms with Crippen LogP contribution in [-0.4, -0.2) is 68.5 Å². The van der Waals surface area contributed by atoms with Crippen molar-refractivity contribution in [2.24, 2.45) is 0 Å². The summed E-state index contributed by atoms with van der Waals surface area (Å²) in [5.41, 5.74) is 0. The van der Waals surface area contributed by atoms with Gasteiger partial charge in [-0.25, -0.2) is 0 Å². The maximum Gasteiger partial charge on any atom is 0.268 e. The molecule has 0 spiro atoms. The van der Waals surface area contributed by atoms with Gasteiger partial charge in [0, 0.05) is 6.42 Å². The maximum absolute atomic E-state index is 12.9. The molecule has 0 saturated heterocycles. The molecule has 1 amide bonds. The van der Waals surface area contributed by atoms with Gasteiger partial charge in [-0.3, -0.25) is 9.36 Å². The van der Waals surface area contributed by atoms with E-state index in [1.165, 1.54) is 135 Å². The molecule has 0 aromatic carbocycles. The lowest BCUT2D eigenvalue weighted by Crippen LogP contribution is -2.45. The molecule has 0 saturated carbocycles. The van der Waals surface area contributed by atoms with Crippen molar-refractivity contribution >= 4 is 13.7 Å². The Bertz CT molecular complexity index is 1270. The number of likely N-dealkylation sites (N-methyl/N-ethyl adjacent to an activating group) is 1. The fourth-order valence-corrected chi connectivity index (χ4v) is 8.00. The predicted molar refractivity (Wildman–Crippen MR) is 274 cm³/mol. The van der Waals surface area contributed by atoms with Gasteiger partial charge in [0.25, 0.3) is 7.82 Å². The molecular weight excluding hydrogens is 816 g/mol. The molecule has 0 heterocycles. The molecule has 8 nitrogen and oxygen atoms in total. The van der Waals surface area contributed by atoms with Gasteiger partial charge in [-0.2, -0.15) is 0 Å². The summed E-state index contributed by atoms with van der Waals surface area (Å²) in [6.45, 7) is 4.48. The van der Waals surface area contributed by atoms with Crippen molar-refractivity contribution in [3.8, 4) is 0 Å². The molecule has 372 valence electrons. The zero-order valence-electron chi connectivity index (χ0n) is 42.2. The average Bonchev–Trinajstić information content (AvgIpc) is 3.25. The van der Waals surface area contributed by atoms with E-state index in [0.29, 0.717) is 17.4 Å². The number of hydrogen-bond donors (Lipinski definition) is 2. The van der Waals surface area contributed by atoms with Crippen LogP contribution in [0.15, 0.2) is 72.9 Å². The minimum absolute atomic E-state index is 0.0177. The number of carbonyl (C=O) groups is 1. The Kier molecular flexibility index (Phi) is 44.6. The fourth-order valence-electron chi connectivity index (χ4n) is 7.28. The second kappa shape index (κ2) is 46.1. The van der Waals surface area contributed by atoms with Crippen molar-refractivity contribution in [1.82, 2.24) is 5.32 Å². The van der Waals surface area contributed by atoms with E-state index in [0.717, 1.165) is 57.8 Å². The summed E-state index contributed by atoms with van der Waals surface area (Å²) in [6.07, 6.45) is 62.8. The highest BCUT2D eigenvalue weighted by Gasteiger charge is 2.23. The number of phosphoric acid groups is 1. The Morgan fingerprint density at radius 1 is 0.562 bits per heavy atom. The number of hydrogen-bond acceptors (Lipinski definition) is 6. The van der Waals surface area contributed by atoms with E-state index in [9.17, 15) is 19.4 Å². The number of allylic oxidation sites excluding steroid dienone is 11. The Morgan fingerprint density at radius 3 is 1.45 bits per heavy atom. The first-order chi connectivity index (χ1) is 31.0. The molecule has 0 aromatic heterocycles. The molecule has 0 bridgehead atoms. The Labute approximate surface area is 395 Å². The molecular formula is C55H101N2O6P. The predicted octanol–water partition coefficient (Wildman–Crippen LogP) is 14.9. The van der Waals surface area contributed by atoms with E-state index in [2.05, 4.69) is 79.9 Å². The molecule has 0 aliphatic heterocycles. The van der Waals surface area contributed by atoms with Crippen molar-refractivity contribution in [3.05, 3.63) is 72.9 Å². The van der Waals surface area contributed by atoms with Crippen LogP contribution in [0.4, 0.5) is 0 Å². The van der Waals surface area contributed by atoms with E-state index in [1.54, 1.807) is 6.08 Å². The van der Waals surface area contributed by atoms with Crippen molar-refractivity contribution in [2.75, 3.05) is 40.9 Å². The van der Waals surface area contributed by atoms with Crippen LogP contribution < -0.4 is 10.2 Å². The SMILES string of the molecule is CC/C=C\C/C=C\C/C=C\C/C=C\CCCCC(=O)NC(COP(=O)([O-])OCC[N+](C)(C)C)C(O)/C=C/CC/C=C/CCCCCCCCCCCCCCCCCCCCCCC. The molecule has 0 aliphatic rings. The van der Waals surface area contributed by atoms with E-state index in [-0.39, 0.29) is 18.9 Å². The van der Waals surface area contributed by atoms with Gasteiger partial charge in [0.05, 0.1) is 39.9 Å². The summed E-state index contributed by atoms with van der Waals surface area (Å²) in [5, 5.41) is 13.8. The van der Waals surface area contributed by atoms with Crippen LogP contribution in [0.1, 0.15) is 219 Å². The Balaban J connectivity index is 4.31. The Hall–Kier alpha value is -2.06. The summed E-state index contributed by atoms with van der Waals surface area (Å²) < 4.78 is 23.2. The van der Waals surface area contributed by atoms with Gasteiger partial charge >= 0.3 is 0 Å². The van der Waals surface area contributed by atoms with Gasteiger partial charge in [0.15, 0.2) is 0 Å². The smallest absolute Gasteiger partial charge is 0.268 e. The maximum atomic E-state index is 12.9. The van der Waals surface area contributed by atoms with Crippen molar-refractivity contribution in [1.29, 1.82) is 0 Å². The zero-order valence-corrected chi connectivity index (χ0v) is 43.1. The summed E-state index contributed by atoms with van der Waals surface area (Å²) in [7, 11) is 1.21. The number of phosphoric ester groups is 1. The lowest BCUT2D eigenvalue weighted by atomic mass is 10.0. The highest BCUT2D eigenvalue weighted by Crippen LogP contribution is 2.38. The van der Waals surface area contributed by atoms with Crippen LogP contribution in [0.3, 0.4) is 0 Å². The van der Waals surface area contributed by atoms with Crippen molar-refractivity contribution < 1.29 is 32.9 Å². The second-order valence-electron chi connectivity index (χ2n) is 18.8. The zero-order chi connectivity index (χ0) is 47.1. The first kappa shape index (κ1) is 61.9. The lowest BCUT2D eigenvalue weighted by molar-refractivity contribution is -0.870. The first-order valence-electron chi connectivity index (χ1n) is 26.3. The highest BCUT2D eigenvalue weighted by molar-refractivity contribution is 7.45. The highest BCUT2D eigenvalue weighted by atomic mass is 31.2. The topological polar surface area (TPSA) is 108 Å². The third kappa shape index (κ3) is 47.9. The van der Waals surface area contributed by atoms with Crippen LogP contribution in [0, 0.1) is 0 Å². The molecule has 0 rings (SSSR count). The first-order valence-corrected chi connectivity index (χ1v) is 27.8. The Morgan fingerprint density at radius 2 is 0.969 bits per heavy atom. The van der Waals surface area contributed by atoms with Gasteiger partial charge in [-0.05, 0) is 70.6 Å². The summed E-state index contributed by atoms with van der Waals surface area (Å²) in [4.78, 5) is 25.4. The molecule has 2 N–H and O–H groups in total. The van der Waals surface area contributed by atoms with Crippen molar-refractivity contribution in [3.63, 3.8) is 0 Å². The van der Waals surface area contributed by atoms with Crippen LogP contribution in [0.2, 0.25) is 0 Å². The fraction of sp³-hybridized carbons (Fsp3) is 0.764. The number of unbranched alkanes of at least 4 members (excludes halogenated alkanes) is 24. The molecule has 0 aliphatic carbocycles. The molecule has 0 aromatic rings. The van der Waals surface area contributed by atoms with Gasteiger partial charge in [0.1, 0.15) is 13.2 Å². The molecule has 3 atom stereocenters. The average molecular weight is 917 g/mol. The van der Waals surface area contributed by atoms with Gasteiger partial charge in [0.2, 0.25) is 5.91 Å². The number of carbonyl (C=O) groups excluding carboxylic acids is 1. The normalized spacial score (nSPS) is 14.7. The third-order valence-corrected chi connectivity index (χ3v) is 12.4. The summed E-state index contributed by atoms with van der Waals surface area (Å²) in [5.74, 6) is -0.249. The summed E-state index contributed by atoms with van der Waals surface area (Å²) in [6, 6.07) is -0.929. The van der Waals surface area contributed by atoms with Crippen LogP contribution in [0.5, 0.6) is 0 Å². The van der Waals surface area contributed by atoms with Crippen LogP contribution >= 0.6 is 7.82 Å². The van der Waals surface area contributed by atoms with Gasteiger partial charge in [-0.1, -0.05) is 215 Å². The van der Waals surface area contributed by atoms with Crippen LogP contribution in [-0.2, 0) is 18.4 Å².